The van der Waals surface area contributed by atoms with Gasteiger partial charge in [0.1, 0.15) is 0 Å². The van der Waals surface area contributed by atoms with Gasteiger partial charge in [-0.3, -0.25) is 4.79 Å². The van der Waals surface area contributed by atoms with E-state index in [4.69, 9.17) is 0 Å². The van der Waals surface area contributed by atoms with E-state index in [1.165, 1.54) is 24.8 Å². The Morgan fingerprint density at radius 3 is 2.68 bits per heavy atom. The summed E-state index contributed by atoms with van der Waals surface area (Å²) in [7, 11) is 0. The summed E-state index contributed by atoms with van der Waals surface area (Å²) < 4.78 is 0. The standard InChI is InChI=1S/C16H26N2O/c1-5-7-8-13(4)17-15-11-14(10-9-12(15)3)18-16(19)6-2/h9-11,13,17H,5-8H2,1-4H3,(H,18,19). The van der Waals surface area contributed by atoms with E-state index in [1.807, 2.05) is 25.1 Å². The van der Waals surface area contributed by atoms with Gasteiger partial charge in [-0.25, -0.2) is 0 Å². The van der Waals surface area contributed by atoms with E-state index in [0.717, 1.165) is 11.4 Å². The molecule has 2 N–H and O–H groups in total. The molecule has 0 fully saturated rings. The fourth-order valence-electron chi connectivity index (χ4n) is 1.95. The van der Waals surface area contributed by atoms with Crippen LogP contribution >= 0.6 is 0 Å². The highest BCUT2D eigenvalue weighted by Gasteiger charge is 2.06. The normalized spacial score (nSPS) is 12.0. The molecule has 0 radical (unpaired) electrons. The van der Waals surface area contributed by atoms with E-state index in [0.29, 0.717) is 12.5 Å². The zero-order valence-electron chi connectivity index (χ0n) is 12.5. The number of amides is 1. The number of benzene rings is 1. The van der Waals surface area contributed by atoms with Gasteiger partial charge in [-0.15, -0.1) is 0 Å². The molecule has 1 aromatic rings. The maximum absolute atomic E-state index is 11.4. The van der Waals surface area contributed by atoms with Crippen LogP contribution in [0.4, 0.5) is 11.4 Å². The lowest BCUT2D eigenvalue weighted by Crippen LogP contribution is -2.16. The number of aryl methyl sites for hydroxylation is 1. The predicted molar refractivity (Wildman–Crippen MR) is 82.7 cm³/mol. The number of hydrogen-bond acceptors (Lipinski definition) is 2. The fourth-order valence-corrected chi connectivity index (χ4v) is 1.95. The summed E-state index contributed by atoms with van der Waals surface area (Å²) in [5.74, 6) is 0.0498. The summed E-state index contributed by atoms with van der Waals surface area (Å²) in [5.41, 5.74) is 3.18. The Morgan fingerprint density at radius 2 is 2.05 bits per heavy atom. The lowest BCUT2D eigenvalue weighted by molar-refractivity contribution is -0.115. The van der Waals surface area contributed by atoms with Crippen LogP contribution in [0.2, 0.25) is 0 Å². The summed E-state index contributed by atoms with van der Waals surface area (Å²) in [6.07, 6.45) is 4.13. The van der Waals surface area contributed by atoms with Crippen LogP contribution in [0.3, 0.4) is 0 Å². The van der Waals surface area contributed by atoms with Crippen molar-refractivity contribution in [1.29, 1.82) is 0 Å². The smallest absolute Gasteiger partial charge is 0.224 e. The number of carbonyl (C=O) groups is 1. The highest BCUT2D eigenvalue weighted by atomic mass is 16.1. The predicted octanol–water partition coefficient (Wildman–Crippen LogP) is 4.33. The molecule has 1 unspecified atom stereocenters. The third-order valence-corrected chi connectivity index (χ3v) is 3.24. The first-order chi connectivity index (χ1) is 9.06. The van der Waals surface area contributed by atoms with E-state index >= 15 is 0 Å². The quantitative estimate of drug-likeness (QED) is 0.767. The molecule has 19 heavy (non-hydrogen) atoms. The Morgan fingerprint density at radius 1 is 1.32 bits per heavy atom. The van der Waals surface area contributed by atoms with Gasteiger partial charge in [0.25, 0.3) is 0 Å². The van der Waals surface area contributed by atoms with E-state index < -0.39 is 0 Å². The van der Waals surface area contributed by atoms with Crippen molar-refractivity contribution >= 4 is 17.3 Å². The topological polar surface area (TPSA) is 41.1 Å². The molecular formula is C16H26N2O. The second kappa shape index (κ2) is 7.82. The van der Waals surface area contributed by atoms with Crippen LogP contribution < -0.4 is 10.6 Å². The summed E-state index contributed by atoms with van der Waals surface area (Å²) in [6, 6.07) is 6.46. The number of carbonyl (C=O) groups excluding carboxylic acids is 1. The Hall–Kier alpha value is -1.51. The first-order valence-corrected chi connectivity index (χ1v) is 7.23. The van der Waals surface area contributed by atoms with Crippen molar-refractivity contribution in [2.45, 2.75) is 59.4 Å². The summed E-state index contributed by atoms with van der Waals surface area (Å²) >= 11 is 0. The first-order valence-electron chi connectivity index (χ1n) is 7.23. The molecule has 106 valence electrons. The second-order valence-electron chi connectivity index (χ2n) is 5.12. The number of nitrogens with one attached hydrogen (secondary N) is 2. The van der Waals surface area contributed by atoms with Crippen LogP contribution in [0.5, 0.6) is 0 Å². The molecule has 0 saturated carbocycles. The van der Waals surface area contributed by atoms with Gasteiger partial charge in [-0.1, -0.05) is 32.8 Å². The van der Waals surface area contributed by atoms with Crippen LogP contribution in [0, 0.1) is 6.92 Å². The highest BCUT2D eigenvalue weighted by Crippen LogP contribution is 2.22. The number of anilines is 2. The zero-order valence-corrected chi connectivity index (χ0v) is 12.5. The molecule has 0 aliphatic rings. The number of hydrogen-bond donors (Lipinski definition) is 2. The largest absolute Gasteiger partial charge is 0.382 e. The van der Waals surface area contributed by atoms with Crippen LogP contribution in [0.1, 0.15) is 52.0 Å². The van der Waals surface area contributed by atoms with Crippen molar-refractivity contribution in [3.8, 4) is 0 Å². The molecule has 0 aliphatic heterocycles. The second-order valence-corrected chi connectivity index (χ2v) is 5.12. The van der Waals surface area contributed by atoms with Crippen LogP contribution in [-0.2, 0) is 4.79 Å². The average molecular weight is 262 g/mol. The van der Waals surface area contributed by atoms with Gasteiger partial charge in [0.15, 0.2) is 0 Å². The Balaban J connectivity index is 2.71. The molecule has 0 heterocycles. The Bertz CT molecular complexity index is 415. The third-order valence-electron chi connectivity index (χ3n) is 3.24. The summed E-state index contributed by atoms with van der Waals surface area (Å²) in [4.78, 5) is 11.4. The van der Waals surface area contributed by atoms with Gasteiger partial charge < -0.3 is 10.6 Å². The van der Waals surface area contributed by atoms with Crippen molar-refractivity contribution in [2.24, 2.45) is 0 Å². The number of unbranched alkanes of at least 4 members (excludes halogenated alkanes) is 1. The lowest BCUT2D eigenvalue weighted by Gasteiger charge is -2.18. The Kier molecular flexibility index (Phi) is 6.40. The molecule has 0 aromatic heterocycles. The molecule has 3 heteroatoms. The van der Waals surface area contributed by atoms with Gasteiger partial charge >= 0.3 is 0 Å². The molecule has 0 aliphatic carbocycles. The minimum Gasteiger partial charge on any atom is -0.382 e. The van der Waals surface area contributed by atoms with E-state index in [2.05, 4.69) is 31.4 Å². The van der Waals surface area contributed by atoms with Gasteiger partial charge in [-0.05, 0) is 38.0 Å². The maximum atomic E-state index is 11.4. The van der Waals surface area contributed by atoms with Gasteiger partial charge in [0.2, 0.25) is 5.91 Å². The molecule has 0 bridgehead atoms. The van der Waals surface area contributed by atoms with Gasteiger partial charge in [0, 0.05) is 23.8 Å². The summed E-state index contributed by atoms with van der Waals surface area (Å²) in [5, 5.41) is 6.42. The molecule has 1 amide bonds. The minimum absolute atomic E-state index is 0.0498. The zero-order chi connectivity index (χ0) is 14.3. The molecular weight excluding hydrogens is 236 g/mol. The van der Waals surface area contributed by atoms with Crippen molar-refractivity contribution in [1.82, 2.24) is 0 Å². The third kappa shape index (κ3) is 5.33. The minimum atomic E-state index is 0.0498. The fraction of sp³-hybridized carbons (Fsp3) is 0.562. The van der Waals surface area contributed by atoms with Crippen LogP contribution in [0.15, 0.2) is 18.2 Å². The van der Waals surface area contributed by atoms with Crippen molar-refractivity contribution in [3.05, 3.63) is 23.8 Å². The molecule has 0 saturated heterocycles. The van der Waals surface area contributed by atoms with E-state index in [-0.39, 0.29) is 5.91 Å². The maximum Gasteiger partial charge on any atom is 0.224 e. The highest BCUT2D eigenvalue weighted by molar-refractivity contribution is 5.91. The Labute approximate surface area is 116 Å². The molecule has 1 aromatic carbocycles. The number of rotatable bonds is 7. The monoisotopic (exact) mass is 262 g/mol. The molecule has 3 nitrogen and oxygen atoms in total. The first kappa shape index (κ1) is 15.5. The van der Waals surface area contributed by atoms with E-state index in [1.54, 1.807) is 0 Å². The molecule has 1 atom stereocenters. The molecule has 0 spiro atoms. The van der Waals surface area contributed by atoms with Crippen molar-refractivity contribution in [3.63, 3.8) is 0 Å². The van der Waals surface area contributed by atoms with E-state index in [9.17, 15) is 4.79 Å². The summed E-state index contributed by atoms with van der Waals surface area (Å²) in [6.45, 7) is 8.35. The van der Waals surface area contributed by atoms with Gasteiger partial charge in [0.05, 0.1) is 0 Å². The lowest BCUT2D eigenvalue weighted by atomic mass is 10.1. The van der Waals surface area contributed by atoms with Crippen molar-refractivity contribution < 1.29 is 4.79 Å². The van der Waals surface area contributed by atoms with Crippen LogP contribution in [0.25, 0.3) is 0 Å². The van der Waals surface area contributed by atoms with Crippen LogP contribution in [-0.4, -0.2) is 11.9 Å². The van der Waals surface area contributed by atoms with Crippen molar-refractivity contribution in [2.75, 3.05) is 10.6 Å². The SMILES string of the molecule is CCCCC(C)Nc1cc(NC(=O)CC)ccc1C. The van der Waals surface area contributed by atoms with Gasteiger partial charge in [-0.2, -0.15) is 0 Å². The average Bonchev–Trinajstić information content (AvgIpc) is 2.40. The molecule has 1 rings (SSSR count).